The number of hydrogen-bond donors (Lipinski definition) is 1. The van der Waals surface area contributed by atoms with E-state index in [1.807, 2.05) is 13.8 Å². The van der Waals surface area contributed by atoms with Crippen molar-refractivity contribution in [1.82, 2.24) is 10.3 Å². The van der Waals surface area contributed by atoms with Gasteiger partial charge in [-0.1, -0.05) is 13.8 Å². The van der Waals surface area contributed by atoms with Crippen molar-refractivity contribution in [2.24, 2.45) is 17.8 Å². The second-order valence-electron chi connectivity index (χ2n) is 6.90. The van der Waals surface area contributed by atoms with Gasteiger partial charge < -0.3 is 5.32 Å². The molecule has 0 bridgehead atoms. The molecule has 1 amide bonds. The Morgan fingerprint density at radius 3 is 2.56 bits per heavy atom. The maximum absolute atomic E-state index is 12.6. The smallest absolute Gasteiger partial charge is 0.287 e. The first kappa shape index (κ1) is 19.0. The van der Waals surface area contributed by atoms with E-state index in [0.29, 0.717) is 13.0 Å². The Morgan fingerprint density at radius 2 is 1.92 bits per heavy atom. The highest BCUT2D eigenvalue weighted by molar-refractivity contribution is 6.37. The molecule has 1 fully saturated rings. The third-order valence-corrected chi connectivity index (χ3v) is 4.64. The quantitative estimate of drug-likeness (QED) is 0.722. The molecule has 25 heavy (non-hydrogen) atoms. The van der Waals surface area contributed by atoms with Crippen molar-refractivity contribution in [3.05, 3.63) is 30.1 Å². The molecule has 2 atom stereocenters. The van der Waals surface area contributed by atoms with Crippen LogP contribution in [0.4, 0.5) is 0 Å². The van der Waals surface area contributed by atoms with Crippen LogP contribution in [0.1, 0.15) is 38.7 Å². The predicted molar refractivity (Wildman–Crippen MR) is 91.6 cm³/mol. The summed E-state index contributed by atoms with van der Waals surface area (Å²) in [6, 6.07) is 3.56. The van der Waals surface area contributed by atoms with Crippen LogP contribution in [0.5, 0.6) is 0 Å². The molecule has 1 aliphatic heterocycles. The molecule has 1 N–H and O–H groups in total. The molecule has 0 aliphatic carbocycles. The maximum atomic E-state index is 12.6. The van der Waals surface area contributed by atoms with Crippen LogP contribution in [-0.4, -0.2) is 34.8 Å². The van der Waals surface area contributed by atoms with Crippen LogP contribution in [0, 0.1) is 17.8 Å². The van der Waals surface area contributed by atoms with Gasteiger partial charge >= 0.3 is 0 Å². The fourth-order valence-electron chi connectivity index (χ4n) is 3.12. The van der Waals surface area contributed by atoms with Gasteiger partial charge in [-0.05, 0) is 30.0 Å². The third-order valence-electron chi connectivity index (χ3n) is 4.64. The largest absolute Gasteiger partial charge is 0.349 e. The van der Waals surface area contributed by atoms with Crippen molar-refractivity contribution < 1.29 is 19.2 Å². The van der Waals surface area contributed by atoms with Gasteiger partial charge in [-0.15, -0.1) is 0 Å². The minimum atomic E-state index is -0.612. The number of aromatic nitrogens is 1. The molecule has 2 unspecified atom stereocenters. The Bertz CT molecular complexity index is 655. The number of Topliss-reactive ketones (excluding diaryl/α,β-unsaturated/α-hetero) is 3. The molecule has 2 rings (SSSR count). The van der Waals surface area contributed by atoms with E-state index in [1.54, 1.807) is 24.5 Å². The lowest BCUT2D eigenvalue weighted by Gasteiger charge is -2.24. The van der Waals surface area contributed by atoms with Crippen LogP contribution in [0.25, 0.3) is 0 Å². The SMILES string of the molecule is CC(C)C(CC(=O)Cc1ccncc1)C(=O)CC1CCNC(=O)C1=O. The van der Waals surface area contributed by atoms with Crippen LogP contribution in [0.15, 0.2) is 24.5 Å². The highest BCUT2D eigenvalue weighted by Crippen LogP contribution is 2.24. The summed E-state index contributed by atoms with van der Waals surface area (Å²) >= 11 is 0. The van der Waals surface area contributed by atoms with Crippen molar-refractivity contribution in [1.29, 1.82) is 0 Å². The Balaban J connectivity index is 1.97. The number of nitrogens with one attached hydrogen (secondary N) is 1. The number of carbonyl (C=O) groups is 4. The number of hydrogen-bond acceptors (Lipinski definition) is 5. The van der Waals surface area contributed by atoms with Gasteiger partial charge in [0.2, 0.25) is 5.78 Å². The molecule has 6 heteroatoms. The predicted octanol–water partition coefficient (Wildman–Crippen LogP) is 1.52. The number of carbonyl (C=O) groups excluding carboxylic acids is 4. The van der Waals surface area contributed by atoms with Crippen molar-refractivity contribution in [3.63, 3.8) is 0 Å². The lowest BCUT2D eigenvalue weighted by molar-refractivity contribution is -0.143. The minimum Gasteiger partial charge on any atom is -0.349 e. The maximum Gasteiger partial charge on any atom is 0.287 e. The Kier molecular flexibility index (Phi) is 6.56. The van der Waals surface area contributed by atoms with Crippen LogP contribution < -0.4 is 5.32 Å². The standard InChI is InChI=1S/C19H24N2O4/c1-12(2)16(11-15(22)9-13-3-6-20-7-4-13)17(23)10-14-5-8-21-19(25)18(14)24/h3-4,6-7,12,14,16H,5,8-11H2,1-2H3,(H,21,25). The zero-order chi connectivity index (χ0) is 18.4. The fraction of sp³-hybridized carbons (Fsp3) is 0.526. The molecule has 0 radical (unpaired) electrons. The highest BCUT2D eigenvalue weighted by Gasteiger charge is 2.34. The number of ketones is 3. The second kappa shape index (κ2) is 8.65. The fourth-order valence-corrected chi connectivity index (χ4v) is 3.12. The molecule has 0 aromatic carbocycles. The van der Waals surface area contributed by atoms with Crippen LogP contribution in [0.3, 0.4) is 0 Å². The summed E-state index contributed by atoms with van der Waals surface area (Å²) in [5.41, 5.74) is 0.870. The molecule has 1 aromatic rings. The van der Waals surface area contributed by atoms with Gasteiger partial charge in [0.25, 0.3) is 5.91 Å². The van der Waals surface area contributed by atoms with E-state index >= 15 is 0 Å². The van der Waals surface area contributed by atoms with E-state index in [4.69, 9.17) is 0 Å². The summed E-state index contributed by atoms with van der Waals surface area (Å²) in [4.78, 5) is 52.2. The monoisotopic (exact) mass is 344 g/mol. The summed E-state index contributed by atoms with van der Waals surface area (Å²) in [5.74, 6) is -2.23. The summed E-state index contributed by atoms with van der Waals surface area (Å²) in [6.45, 7) is 4.21. The van der Waals surface area contributed by atoms with Gasteiger partial charge in [0.1, 0.15) is 11.6 Å². The van der Waals surface area contributed by atoms with Crippen LogP contribution in [-0.2, 0) is 25.6 Å². The Labute approximate surface area is 147 Å². The zero-order valence-electron chi connectivity index (χ0n) is 14.7. The molecule has 2 heterocycles. The van der Waals surface area contributed by atoms with E-state index in [0.717, 1.165) is 5.56 Å². The van der Waals surface area contributed by atoms with E-state index in [1.165, 1.54) is 0 Å². The molecule has 1 saturated heterocycles. The van der Waals surface area contributed by atoms with E-state index in [2.05, 4.69) is 10.3 Å². The molecular weight excluding hydrogens is 320 g/mol. The van der Waals surface area contributed by atoms with Crippen LogP contribution in [0.2, 0.25) is 0 Å². The lowest BCUT2D eigenvalue weighted by atomic mass is 9.80. The zero-order valence-corrected chi connectivity index (χ0v) is 14.7. The van der Waals surface area contributed by atoms with Gasteiger partial charge in [-0.3, -0.25) is 24.2 Å². The van der Waals surface area contributed by atoms with Crippen LogP contribution >= 0.6 is 0 Å². The first-order valence-electron chi connectivity index (χ1n) is 8.63. The Morgan fingerprint density at radius 1 is 1.24 bits per heavy atom. The summed E-state index contributed by atoms with van der Waals surface area (Å²) in [7, 11) is 0. The lowest BCUT2D eigenvalue weighted by Crippen LogP contribution is -2.43. The summed E-state index contributed by atoms with van der Waals surface area (Å²) in [6.07, 6.45) is 4.21. The van der Waals surface area contributed by atoms with E-state index < -0.39 is 23.5 Å². The molecule has 1 aromatic heterocycles. The molecule has 0 spiro atoms. The molecule has 0 saturated carbocycles. The number of pyridine rings is 1. The summed E-state index contributed by atoms with van der Waals surface area (Å²) < 4.78 is 0. The van der Waals surface area contributed by atoms with Gasteiger partial charge in [0, 0.05) is 50.0 Å². The van der Waals surface area contributed by atoms with Gasteiger partial charge in [-0.25, -0.2) is 0 Å². The average molecular weight is 344 g/mol. The van der Waals surface area contributed by atoms with Crippen molar-refractivity contribution in [2.45, 2.75) is 39.5 Å². The molecule has 6 nitrogen and oxygen atoms in total. The number of rotatable bonds is 8. The number of nitrogens with zero attached hydrogens (tertiary/aromatic N) is 1. The average Bonchev–Trinajstić information content (AvgIpc) is 2.57. The van der Waals surface area contributed by atoms with Crippen molar-refractivity contribution in [2.75, 3.05) is 6.54 Å². The molecular formula is C19H24N2O4. The topological polar surface area (TPSA) is 93.2 Å². The van der Waals surface area contributed by atoms with E-state index in [9.17, 15) is 19.2 Å². The van der Waals surface area contributed by atoms with Gasteiger partial charge in [0.15, 0.2) is 0 Å². The van der Waals surface area contributed by atoms with Gasteiger partial charge in [-0.2, -0.15) is 0 Å². The van der Waals surface area contributed by atoms with E-state index in [-0.39, 0.29) is 36.7 Å². The normalized spacial score (nSPS) is 18.8. The minimum absolute atomic E-state index is 0.00130. The molecule has 134 valence electrons. The third kappa shape index (κ3) is 5.31. The molecule has 1 aliphatic rings. The summed E-state index contributed by atoms with van der Waals surface area (Å²) in [5, 5.41) is 2.49. The van der Waals surface area contributed by atoms with Crippen molar-refractivity contribution in [3.8, 4) is 0 Å². The van der Waals surface area contributed by atoms with Gasteiger partial charge in [0.05, 0.1) is 0 Å². The first-order valence-corrected chi connectivity index (χ1v) is 8.63. The first-order chi connectivity index (χ1) is 11.9. The Hall–Kier alpha value is -2.37. The highest BCUT2D eigenvalue weighted by atomic mass is 16.2. The second-order valence-corrected chi connectivity index (χ2v) is 6.90. The van der Waals surface area contributed by atoms with Crippen molar-refractivity contribution >= 4 is 23.3 Å². The number of piperidine rings is 1. The number of amides is 1.